The van der Waals surface area contributed by atoms with Gasteiger partial charge in [0.2, 0.25) is 0 Å². The lowest BCUT2D eigenvalue weighted by Gasteiger charge is -1.98. The van der Waals surface area contributed by atoms with Gasteiger partial charge in [-0.25, -0.2) is 4.63 Å². The third-order valence-corrected chi connectivity index (χ3v) is 3.23. The number of hydrogen-bond acceptors (Lipinski definition) is 6. The third-order valence-electron chi connectivity index (χ3n) is 1.96. The zero-order valence-corrected chi connectivity index (χ0v) is 10.1. The molecule has 1 aromatic heterocycles. The molecule has 0 radical (unpaired) electrons. The Morgan fingerprint density at radius 3 is 2.82 bits per heavy atom. The first-order valence-corrected chi connectivity index (χ1v) is 6.05. The standard InChI is InChI=1S/C10H8ClN3O2S/c11-9(12-15)8-10(14-16-13-8)17-6-7-4-2-1-3-5-7/h1-5,15H,6H2/b12-9-. The first kappa shape index (κ1) is 11.9. The summed E-state index contributed by atoms with van der Waals surface area (Å²) in [6, 6.07) is 9.87. The highest BCUT2D eigenvalue weighted by atomic mass is 35.5. The van der Waals surface area contributed by atoms with E-state index >= 15 is 0 Å². The van der Waals surface area contributed by atoms with Crippen molar-refractivity contribution in [3.05, 3.63) is 41.6 Å². The Morgan fingerprint density at radius 1 is 1.35 bits per heavy atom. The summed E-state index contributed by atoms with van der Waals surface area (Å²) in [6.07, 6.45) is 0. The van der Waals surface area contributed by atoms with Crippen LogP contribution in [0.5, 0.6) is 0 Å². The fourth-order valence-corrected chi connectivity index (χ4v) is 2.21. The van der Waals surface area contributed by atoms with E-state index in [4.69, 9.17) is 16.8 Å². The van der Waals surface area contributed by atoms with E-state index in [9.17, 15) is 0 Å². The molecule has 0 saturated heterocycles. The number of oxime groups is 1. The smallest absolute Gasteiger partial charge is 0.200 e. The van der Waals surface area contributed by atoms with Crippen LogP contribution in [0.1, 0.15) is 11.3 Å². The molecule has 0 spiro atoms. The first-order valence-electron chi connectivity index (χ1n) is 4.68. The molecule has 0 bridgehead atoms. The van der Waals surface area contributed by atoms with E-state index in [0.717, 1.165) is 5.56 Å². The molecule has 17 heavy (non-hydrogen) atoms. The van der Waals surface area contributed by atoms with Crippen molar-refractivity contribution in [1.29, 1.82) is 0 Å². The lowest BCUT2D eigenvalue weighted by atomic mass is 10.2. The highest BCUT2D eigenvalue weighted by molar-refractivity contribution is 7.98. The summed E-state index contributed by atoms with van der Waals surface area (Å²) in [6.45, 7) is 0. The Kier molecular flexibility index (Phi) is 4.00. The normalized spacial score (nSPS) is 11.7. The molecule has 0 saturated carbocycles. The predicted molar refractivity (Wildman–Crippen MR) is 64.5 cm³/mol. The van der Waals surface area contributed by atoms with Crippen molar-refractivity contribution in [2.24, 2.45) is 5.16 Å². The van der Waals surface area contributed by atoms with Gasteiger partial charge < -0.3 is 5.21 Å². The number of thioether (sulfide) groups is 1. The van der Waals surface area contributed by atoms with Gasteiger partial charge in [-0.2, -0.15) is 0 Å². The van der Waals surface area contributed by atoms with Crippen LogP contribution >= 0.6 is 23.4 Å². The van der Waals surface area contributed by atoms with E-state index < -0.39 is 0 Å². The maximum atomic E-state index is 8.55. The van der Waals surface area contributed by atoms with Gasteiger partial charge in [-0.15, -0.1) is 0 Å². The summed E-state index contributed by atoms with van der Waals surface area (Å²) in [5, 5.41) is 19.0. The van der Waals surface area contributed by atoms with Gasteiger partial charge in [0.15, 0.2) is 15.9 Å². The summed E-state index contributed by atoms with van der Waals surface area (Å²) >= 11 is 7.05. The van der Waals surface area contributed by atoms with E-state index in [1.165, 1.54) is 11.8 Å². The van der Waals surface area contributed by atoms with Crippen molar-refractivity contribution in [2.45, 2.75) is 10.8 Å². The van der Waals surface area contributed by atoms with E-state index in [2.05, 4.69) is 20.1 Å². The van der Waals surface area contributed by atoms with E-state index in [-0.39, 0.29) is 10.9 Å². The van der Waals surface area contributed by atoms with E-state index in [1.54, 1.807) is 0 Å². The average Bonchev–Trinajstić information content (AvgIpc) is 2.85. The quantitative estimate of drug-likeness (QED) is 0.400. The molecule has 0 atom stereocenters. The highest BCUT2D eigenvalue weighted by Gasteiger charge is 2.15. The zero-order valence-electron chi connectivity index (χ0n) is 8.58. The predicted octanol–water partition coefficient (Wildman–Crippen LogP) is 2.74. The van der Waals surface area contributed by atoms with Crippen LogP contribution in [-0.4, -0.2) is 20.7 Å². The summed E-state index contributed by atoms with van der Waals surface area (Å²) < 4.78 is 4.56. The minimum atomic E-state index is -0.137. The maximum absolute atomic E-state index is 8.55. The largest absolute Gasteiger partial charge is 0.410 e. The van der Waals surface area contributed by atoms with Crippen molar-refractivity contribution in [3.63, 3.8) is 0 Å². The van der Waals surface area contributed by atoms with E-state index in [1.807, 2.05) is 30.3 Å². The van der Waals surface area contributed by atoms with Gasteiger partial charge in [0, 0.05) is 5.75 Å². The van der Waals surface area contributed by atoms with Crippen LogP contribution in [0, 0.1) is 0 Å². The fourth-order valence-electron chi connectivity index (χ4n) is 1.17. The molecule has 0 aliphatic heterocycles. The van der Waals surface area contributed by atoms with Crippen LogP contribution in [0.4, 0.5) is 0 Å². The van der Waals surface area contributed by atoms with Crippen molar-refractivity contribution in [2.75, 3.05) is 0 Å². The molecule has 88 valence electrons. The van der Waals surface area contributed by atoms with Crippen molar-refractivity contribution in [1.82, 2.24) is 10.3 Å². The average molecular weight is 270 g/mol. The van der Waals surface area contributed by atoms with E-state index in [0.29, 0.717) is 10.8 Å². The second-order valence-corrected chi connectivity index (χ2v) is 4.41. The van der Waals surface area contributed by atoms with Gasteiger partial charge in [-0.1, -0.05) is 58.9 Å². The maximum Gasteiger partial charge on any atom is 0.200 e. The summed E-state index contributed by atoms with van der Waals surface area (Å²) in [5.74, 6) is 0.706. The van der Waals surface area contributed by atoms with Crippen molar-refractivity contribution in [3.8, 4) is 0 Å². The Bertz CT molecular complexity index is 515. The SMILES string of the molecule is O/N=C(\Cl)c1nonc1SCc1ccccc1. The molecule has 0 aliphatic carbocycles. The molecule has 1 aromatic carbocycles. The second-order valence-electron chi connectivity index (χ2n) is 3.08. The van der Waals surface area contributed by atoms with Crippen molar-refractivity contribution >= 4 is 28.5 Å². The zero-order chi connectivity index (χ0) is 12.1. The third kappa shape index (κ3) is 2.98. The molecule has 0 fully saturated rings. The van der Waals surface area contributed by atoms with Gasteiger partial charge in [0.25, 0.3) is 0 Å². The number of hydrogen-bond donors (Lipinski definition) is 1. The molecule has 1 heterocycles. The van der Waals surface area contributed by atoms with Gasteiger partial charge in [0.05, 0.1) is 0 Å². The van der Waals surface area contributed by atoms with Crippen LogP contribution in [0.2, 0.25) is 0 Å². The topological polar surface area (TPSA) is 71.5 Å². The lowest BCUT2D eigenvalue weighted by molar-refractivity contribution is 0.297. The summed E-state index contributed by atoms with van der Waals surface area (Å²) in [7, 11) is 0. The van der Waals surface area contributed by atoms with Crippen molar-refractivity contribution < 1.29 is 9.84 Å². The van der Waals surface area contributed by atoms with Crippen LogP contribution < -0.4 is 0 Å². The van der Waals surface area contributed by atoms with Crippen LogP contribution in [0.15, 0.2) is 45.1 Å². The van der Waals surface area contributed by atoms with Crippen LogP contribution in [0.25, 0.3) is 0 Å². The molecular formula is C10H8ClN3O2S. The molecular weight excluding hydrogens is 262 g/mol. The Balaban J connectivity index is 2.07. The van der Waals surface area contributed by atoms with Gasteiger partial charge in [0.1, 0.15) is 0 Å². The Morgan fingerprint density at radius 2 is 2.12 bits per heavy atom. The van der Waals surface area contributed by atoms with Gasteiger partial charge >= 0.3 is 0 Å². The van der Waals surface area contributed by atoms with Crippen LogP contribution in [-0.2, 0) is 5.75 Å². The second kappa shape index (κ2) is 5.70. The van der Waals surface area contributed by atoms with Crippen LogP contribution in [0.3, 0.4) is 0 Å². The number of nitrogens with zero attached hydrogens (tertiary/aromatic N) is 3. The monoisotopic (exact) mass is 269 g/mol. The number of rotatable bonds is 4. The summed E-state index contributed by atoms with van der Waals surface area (Å²) in [5.41, 5.74) is 1.39. The number of benzene rings is 1. The minimum absolute atomic E-state index is 0.137. The Labute approximate surface area is 106 Å². The molecule has 0 aliphatic rings. The number of aromatic nitrogens is 2. The highest BCUT2D eigenvalue weighted by Crippen LogP contribution is 2.24. The molecule has 2 rings (SSSR count). The molecule has 0 amide bonds. The van der Waals surface area contributed by atoms with Gasteiger partial charge in [-0.3, -0.25) is 0 Å². The molecule has 5 nitrogen and oxygen atoms in total. The van der Waals surface area contributed by atoms with Gasteiger partial charge in [-0.05, 0) is 15.9 Å². The molecule has 2 aromatic rings. The first-order chi connectivity index (χ1) is 8.31. The molecule has 0 unspecified atom stereocenters. The summed E-state index contributed by atoms with van der Waals surface area (Å²) in [4.78, 5) is 0. The Hall–Kier alpha value is -1.53. The fraction of sp³-hybridized carbons (Fsp3) is 0.100. The number of halogens is 1. The lowest BCUT2D eigenvalue weighted by Crippen LogP contribution is -1.94. The minimum Gasteiger partial charge on any atom is -0.410 e. The molecule has 7 heteroatoms. The molecule has 1 N–H and O–H groups in total.